The first-order chi connectivity index (χ1) is 9.78. The lowest BCUT2D eigenvalue weighted by atomic mass is 9.75. The van der Waals surface area contributed by atoms with Crippen LogP contribution in [0.4, 0.5) is 4.39 Å². The highest BCUT2D eigenvalue weighted by Gasteiger charge is 2.40. The van der Waals surface area contributed by atoms with Crippen molar-refractivity contribution in [3.05, 3.63) is 35.6 Å². The van der Waals surface area contributed by atoms with E-state index >= 15 is 0 Å². The Balaban J connectivity index is 1.22. The zero-order chi connectivity index (χ0) is 13.5. The van der Waals surface area contributed by atoms with Crippen molar-refractivity contribution < 1.29 is 4.39 Å². The summed E-state index contributed by atoms with van der Waals surface area (Å²) in [6.45, 7) is 1.24. The van der Waals surface area contributed by atoms with E-state index in [0.717, 1.165) is 17.8 Å². The number of hydrogen-bond donors (Lipinski definition) is 1. The SMILES string of the molecule is Fc1ccc(C2CC(NCC3CC4CCC3C4)C2)cc1. The molecule has 1 aromatic rings. The maximum atomic E-state index is 12.9. The van der Waals surface area contributed by atoms with Crippen LogP contribution in [0, 0.1) is 23.6 Å². The summed E-state index contributed by atoms with van der Waals surface area (Å²) < 4.78 is 12.9. The Hall–Kier alpha value is -0.890. The van der Waals surface area contributed by atoms with Gasteiger partial charge >= 0.3 is 0 Å². The van der Waals surface area contributed by atoms with Crippen LogP contribution in [0.2, 0.25) is 0 Å². The Labute approximate surface area is 121 Å². The standard InChI is InChI=1S/C18H24FN/c19-17-5-3-13(4-6-17)15-9-18(10-15)20-11-16-8-12-1-2-14(16)7-12/h3-6,12,14-16,18,20H,1-2,7-11H2. The zero-order valence-corrected chi connectivity index (χ0v) is 12.0. The molecule has 3 atom stereocenters. The Morgan fingerprint density at radius 2 is 1.80 bits per heavy atom. The van der Waals surface area contributed by atoms with Crippen molar-refractivity contribution in [2.24, 2.45) is 17.8 Å². The molecular weight excluding hydrogens is 249 g/mol. The fourth-order valence-corrected chi connectivity index (χ4v) is 4.74. The van der Waals surface area contributed by atoms with Gasteiger partial charge < -0.3 is 5.32 Å². The van der Waals surface area contributed by atoms with Gasteiger partial charge in [0.25, 0.3) is 0 Å². The van der Waals surface area contributed by atoms with Crippen LogP contribution in [0.5, 0.6) is 0 Å². The lowest BCUT2D eigenvalue weighted by Crippen LogP contribution is -2.42. The summed E-state index contributed by atoms with van der Waals surface area (Å²) in [5.41, 5.74) is 1.31. The molecule has 20 heavy (non-hydrogen) atoms. The minimum atomic E-state index is -0.126. The molecule has 0 aromatic heterocycles. The van der Waals surface area contributed by atoms with Crippen LogP contribution < -0.4 is 5.32 Å². The quantitative estimate of drug-likeness (QED) is 0.871. The Bertz CT molecular complexity index is 463. The van der Waals surface area contributed by atoms with Crippen LogP contribution in [0.15, 0.2) is 24.3 Å². The second-order valence-electron chi connectivity index (χ2n) is 7.26. The maximum Gasteiger partial charge on any atom is 0.123 e. The van der Waals surface area contributed by atoms with E-state index in [1.54, 1.807) is 12.1 Å². The molecule has 108 valence electrons. The monoisotopic (exact) mass is 273 g/mol. The van der Waals surface area contributed by atoms with Crippen molar-refractivity contribution in [2.45, 2.75) is 50.5 Å². The van der Waals surface area contributed by atoms with Crippen molar-refractivity contribution in [3.8, 4) is 0 Å². The van der Waals surface area contributed by atoms with Crippen molar-refractivity contribution in [3.63, 3.8) is 0 Å². The maximum absolute atomic E-state index is 12.9. The summed E-state index contributed by atoms with van der Waals surface area (Å²) in [7, 11) is 0. The second kappa shape index (κ2) is 5.14. The molecule has 1 nitrogen and oxygen atoms in total. The number of nitrogens with one attached hydrogen (secondary N) is 1. The van der Waals surface area contributed by atoms with Crippen LogP contribution in [0.3, 0.4) is 0 Å². The molecule has 0 saturated heterocycles. The molecule has 0 aliphatic heterocycles. The lowest BCUT2D eigenvalue weighted by Gasteiger charge is -2.37. The van der Waals surface area contributed by atoms with Gasteiger partial charge in [-0.15, -0.1) is 0 Å². The minimum Gasteiger partial charge on any atom is -0.314 e. The van der Waals surface area contributed by atoms with Crippen molar-refractivity contribution in [2.75, 3.05) is 6.54 Å². The summed E-state index contributed by atoms with van der Waals surface area (Å²) in [5.74, 6) is 3.56. The van der Waals surface area contributed by atoms with Crippen LogP contribution in [-0.4, -0.2) is 12.6 Å². The van der Waals surface area contributed by atoms with E-state index in [1.807, 2.05) is 12.1 Å². The van der Waals surface area contributed by atoms with E-state index in [1.165, 1.54) is 50.6 Å². The third kappa shape index (κ3) is 2.39. The van der Waals surface area contributed by atoms with Crippen LogP contribution in [-0.2, 0) is 0 Å². The van der Waals surface area contributed by atoms with Crippen molar-refractivity contribution in [1.29, 1.82) is 0 Å². The van der Waals surface area contributed by atoms with E-state index in [9.17, 15) is 4.39 Å². The molecule has 3 saturated carbocycles. The van der Waals surface area contributed by atoms with Crippen LogP contribution >= 0.6 is 0 Å². The average molecular weight is 273 g/mol. The average Bonchev–Trinajstić information content (AvgIpc) is 3.01. The molecule has 2 bridgehead atoms. The molecule has 0 radical (unpaired) electrons. The molecule has 3 unspecified atom stereocenters. The van der Waals surface area contributed by atoms with Crippen molar-refractivity contribution in [1.82, 2.24) is 5.32 Å². The lowest BCUT2D eigenvalue weighted by molar-refractivity contribution is 0.246. The molecule has 0 spiro atoms. The van der Waals surface area contributed by atoms with E-state index in [2.05, 4.69) is 5.32 Å². The van der Waals surface area contributed by atoms with Gasteiger partial charge in [0.1, 0.15) is 5.82 Å². The zero-order valence-electron chi connectivity index (χ0n) is 12.0. The van der Waals surface area contributed by atoms with Crippen LogP contribution in [0.25, 0.3) is 0 Å². The van der Waals surface area contributed by atoms with Gasteiger partial charge in [-0.3, -0.25) is 0 Å². The van der Waals surface area contributed by atoms with Gasteiger partial charge in [-0.1, -0.05) is 18.6 Å². The summed E-state index contributed by atoms with van der Waals surface area (Å²) >= 11 is 0. The molecule has 1 N–H and O–H groups in total. The predicted molar refractivity (Wildman–Crippen MR) is 79.1 cm³/mol. The highest BCUT2D eigenvalue weighted by atomic mass is 19.1. The fourth-order valence-electron chi connectivity index (χ4n) is 4.74. The second-order valence-corrected chi connectivity index (χ2v) is 7.26. The largest absolute Gasteiger partial charge is 0.314 e. The molecule has 3 aliphatic rings. The summed E-state index contributed by atoms with van der Waals surface area (Å²) in [5, 5.41) is 3.78. The van der Waals surface area contributed by atoms with Gasteiger partial charge in [0.05, 0.1) is 0 Å². The third-order valence-electron chi connectivity index (χ3n) is 6.03. The summed E-state index contributed by atoms with van der Waals surface area (Å²) in [4.78, 5) is 0. The number of halogens is 1. The van der Waals surface area contributed by atoms with E-state index < -0.39 is 0 Å². The first kappa shape index (κ1) is 12.8. The van der Waals surface area contributed by atoms with Crippen LogP contribution in [0.1, 0.15) is 50.0 Å². The first-order valence-corrected chi connectivity index (χ1v) is 8.27. The Morgan fingerprint density at radius 1 is 1.00 bits per heavy atom. The molecule has 3 fully saturated rings. The van der Waals surface area contributed by atoms with Gasteiger partial charge in [-0.05, 0) is 80.0 Å². The number of rotatable bonds is 4. The molecule has 3 aliphatic carbocycles. The molecule has 4 rings (SSSR count). The highest BCUT2D eigenvalue weighted by Crippen LogP contribution is 2.48. The minimum absolute atomic E-state index is 0.126. The number of fused-ring (bicyclic) bond motifs is 2. The summed E-state index contributed by atoms with van der Waals surface area (Å²) in [6.07, 6.45) is 8.43. The predicted octanol–water partition coefficient (Wildman–Crippen LogP) is 4.10. The molecular formula is C18H24FN. The normalized spacial score (nSPS) is 39.0. The molecule has 1 aromatic carbocycles. The molecule has 0 amide bonds. The van der Waals surface area contributed by atoms with Gasteiger partial charge in [0, 0.05) is 6.04 Å². The Morgan fingerprint density at radius 3 is 2.45 bits per heavy atom. The van der Waals surface area contributed by atoms with Gasteiger partial charge in [0.2, 0.25) is 0 Å². The number of hydrogen-bond acceptors (Lipinski definition) is 1. The van der Waals surface area contributed by atoms with Gasteiger partial charge in [-0.2, -0.15) is 0 Å². The topological polar surface area (TPSA) is 12.0 Å². The van der Waals surface area contributed by atoms with E-state index in [0.29, 0.717) is 12.0 Å². The Kier molecular flexibility index (Phi) is 3.30. The summed E-state index contributed by atoms with van der Waals surface area (Å²) in [6, 6.07) is 7.78. The fraction of sp³-hybridized carbons (Fsp3) is 0.667. The molecule has 2 heteroatoms. The van der Waals surface area contributed by atoms with Gasteiger partial charge in [-0.25, -0.2) is 4.39 Å². The molecule has 0 heterocycles. The smallest absolute Gasteiger partial charge is 0.123 e. The van der Waals surface area contributed by atoms with Gasteiger partial charge in [0.15, 0.2) is 0 Å². The van der Waals surface area contributed by atoms with E-state index in [-0.39, 0.29) is 5.82 Å². The highest BCUT2D eigenvalue weighted by molar-refractivity contribution is 5.23. The number of benzene rings is 1. The third-order valence-corrected chi connectivity index (χ3v) is 6.03. The van der Waals surface area contributed by atoms with E-state index in [4.69, 9.17) is 0 Å². The first-order valence-electron chi connectivity index (χ1n) is 8.27. The van der Waals surface area contributed by atoms with Crippen molar-refractivity contribution >= 4 is 0 Å².